The molecule has 1 amide bonds. The highest BCUT2D eigenvalue weighted by Crippen LogP contribution is 2.24. The Labute approximate surface area is 166 Å². The van der Waals surface area contributed by atoms with Gasteiger partial charge in [0, 0.05) is 5.56 Å². The summed E-state index contributed by atoms with van der Waals surface area (Å²) in [6.45, 7) is 6.60. The molecule has 4 heteroatoms. The highest BCUT2D eigenvalue weighted by Gasteiger charge is 2.20. The van der Waals surface area contributed by atoms with Gasteiger partial charge in [0.2, 0.25) is 0 Å². The predicted octanol–water partition coefficient (Wildman–Crippen LogP) is 5.68. The summed E-state index contributed by atoms with van der Waals surface area (Å²) >= 11 is 0. The van der Waals surface area contributed by atoms with Crippen molar-refractivity contribution in [2.24, 2.45) is 5.92 Å². The zero-order valence-corrected chi connectivity index (χ0v) is 16.6. The Kier molecular flexibility index (Phi) is 6.53. The second-order valence-corrected chi connectivity index (χ2v) is 7.41. The van der Waals surface area contributed by atoms with E-state index in [2.05, 4.69) is 19.2 Å². The summed E-state index contributed by atoms with van der Waals surface area (Å²) in [6.07, 6.45) is 0.815. The van der Waals surface area contributed by atoms with Gasteiger partial charge >= 0.3 is 0 Å². The second kappa shape index (κ2) is 9.27. The first-order valence-corrected chi connectivity index (χ1v) is 9.65. The molecule has 2 aromatic carbocycles. The second-order valence-electron chi connectivity index (χ2n) is 7.41. The molecule has 4 nitrogen and oxygen atoms in total. The number of furan rings is 1. The SMILES string of the molecule is Cc1ccc(C(CC(C)C)NC(=O)c2cccc(COc3ccccc3)c2)o1. The molecule has 0 radical (unpaired) electrons. The molecule has 146 valence electrons. The summed E-state index contributed by atoms with van der Waals surface area (Å²) in [6, 6.07) is 20.9. The molecular weight excluding hydrogens is 350 g/mol. The summed E-state index contributed by atoms with van der Waals surface area (Å²) in [5, 5.41) is 3.12. The number of hydrogen-bond acceptors (Lipinski definition) is 3. The minimum Gasteiger partial charge on any atom is -0.489 e. The molecule has 0 aliphatic carbocycles. The van der Waals surface area contributed by atoms with Crippen LogP contribution in [0.4, 0.5) is 0 Å². The lowest BCUT2D eigenvalue weighted by Gasteiger charge is -2.19. The Morgan fingerprint density at radius 1 is 1.04 bits per heavy atom. The largest absolute Gasteiger partial charge is 0.489 e. The molecule has 1 aromatic heterocycles. The first kappa shape index (κ1) is 19.7. The molecule has 3 aromatic rings. The number of para-hydroxylation sites is 1. The first-order chi connectivity index (χ1) is 13.5. The van der Waals surface area contributed by atoms with Crippen LogP contribution in [-0.2, 0) is 6.61 Å². The standard InChI is InChI=1S/C24H27NO3/c1-17(2)14-22(23-13-12-18(3)28-23)25-24(26)20-9-7-8-19(15-20)16-27-21-10-5-4-6-11-21/h4-13,15,17,22H,14,16H2,1-3H3,(H,25,26). The van der Waals surface area contributed by atoms with Gasteiger partial charge in [-0.1, -0.05) is 44.2 Å². The van der Waals surface area contributed by atoms with Gasteiger partial charge in [0.05, 0.1) is 6.04 Å². The molecule has 0 aliphatic heterocycles. The summed E-state index contributed by atoms with van der Waals surface area (Å²) in [7, 11) is 0. The molecule has 0 fully saturated rings. The Hall–Kier alpha value is -3.01. The molecule has 0 saturated carbocycles. The van der Waals surface area contributed by atoms with Crippen LogP contribution in [0.5, 0.6) is 5.75 Å². The van der Waals surface area contributed by atoms with E-state index in [9.17, 15) is 4.79 Å². The van der Waals surface area contributed by atoms with Crippen LogP contribution in [0.1, 0.15) is 53.8 Å². The fraction of sp³-hybridized carbons (Fsp3) is 0.292. The Balaban J connectivity index is 1.68. The fourth-order valence-electron chi connectivity index (χ4n) is 3.09. The Morgan fingerprint density at radius 2 is 1.82 bits per heavy atom. The Morgan fingerprint density at radius 3 is 2.50 bits per heavy atom. The lowest BCUT2D eigenvalue weighted by molar-refractivity contribution is 0.0925. The van der Waals surface area contributed by atoms with Gasteiger partial charge in [0.25, 0.3) is 5.91 Å². The molecule has 0 aliphatic rings. The number of ether oxygens (including phenoxy) is 1. The minimum atomic E-state index is -0.148. The van der Waals surface area contributed by atoms with Crippen molar-refractivity contribution >= 4 is 5.91 Å². The number of amides is 1. The molecule has 1 N–H and O–H groups in total. The van der Waals surface area contributed by atoms with Crippen LogP contribution >= 0.6 is 0 Å². The topological polar surface area (TPSA) is 51.5 Å². The first-order valence-electron chi connectivity index (χ1n) is 9.65. The van der Waals surface area contributed by atoms with E-state index in [1.807, 2.05) is 73.7 Å². The smallest absolute Gasteiger partial charge is 0.251 e. The summed E-state index contributed by atoms with van der Waals surface area (Å²) < 4.78 is 11.5. The number of carbonyl (C=O) groups excluding carboxylic acids is 1. The normalized spacial score (nSPS) is 12.0. The van der Waals surface area contributed by atoms with E-state index < -0.39 is 0 Å². The van der Waals surface area contributed by atoms with E-state index in [1.165, 1.54) is 0 Å². The third-order valence-electron chi connectivity index (χ3n) is 4.45. The van der Waals surface area contributed by atoms with E-state index >= 15 is 0 Å². The van der Waals surface area contributed by atoms with Crippen LogP contribution in [0, 0.1) is 12.8 Å². The van der Waals surface area contributed by atoms with Gasteiger partial charge in [-0.05, 0) is 61.2 Å². The monoisotopic (exact) mass is 377 g/mol. The van der Waals surface area contributed by atoms with Gasteiger partial charge in [-0.2, -0.15) is 0 Å². The van der Waals surface area contributed by atoms with Crippen molar-refractivity contribution < 1.29 is 13.9 Å². The summed E-state index contributed by atoms with van der Waals surface area (Å²) in [5.41, 5.74) is 1.57. The van der Waals surface area contributed by atoms with E-state index in [0.717, 1.165) is 29.3 Å². The number of aryl methyl sites for hydroxylation is 1. The molecule has 0 spiro atoms. The van der Waals surface area contributed by atoms with Gasteiger partial charge in [-0.25, -0.2) is 0 Å². The van der Waals surface area contributed by atoms with Crippen LogP contribution in [0.15, 0.2) is 71.1 Å². The third kappa shape index (κ3) is 5.49. The Bertz CT molecular complexity index is 899. The number of nitrogens with one attached hydrogen (secondary N) is 1. The minimum absolute atomic E-state index is 0.110. The van der Waals surface area contributed by atoms with Crippen LogP contribution in [0.3, 0.4) is 0 Å². The highest BCUT2D eigenvalue weighted by atomic mass is 16.5. The molecule has 28 heavy (non-hydrogen) atoms. The van der Waals surface area contributed by atoms with E-state index in [4.69, 9.17) is 9.15 Å². The molecule has 0 saturated heterocycles. The van der Waals surface area contributed by atoms with Crippen molar-refractivity contribution in [3.63, 3.8) is 0 Å². The number of hydrogen-bond donors (Lipinski definition) is 1. The van der Waals surface area contributed by atoms with Gasteiger partial charge in [-0.3, -0.25) is 4.79 Å². The average Bonchev–Trinajstić information content (AvgIpc) is 3.13. The maximum absolute atomic E-state index is 12.8. The number of rotatable bonds is 8. The predicted molar refractivity (Wildman–Crippen MR) is 110 cm³/mol. The third-order valence-corrected chi connectivity index (χ3v) is 4.45. The fourth-order valence-corrected chi connectivity index (χ4v) is 3.09. The van der Waals surface area contributed by atoms with Crippen LogP contribution < -0.4 is 10.1 Å². The molecular formula is C24H27NO3. The van der Waals surface area contributed by atoms with Gasteiger partial charge in [0.1, 0.15) is 23.9 Å². The van der Waals surface area contributed by atoms with Crippen molar-refractivity contribution in [1.82, 2.24) is 5.32 Å². The van der Waals surface area contributed by atoms with Crippen LogP contribution in [0.2, 0.25) is 0 Å². The molecule has 1 unspecified atom stereocenters. The van der Waals surface area contributed by atoms with E-state index in [1.54, 1.807) is 0 Å². The molecule has 3 rings (SSSR count). The van der Waals surface area contributed by atoms with Crippen LogP contribution in [-0.4, -0.2) is 5.91 Å². The van der Waals surface area contributed by atoms with Gasteiger partial charge in [-0.15, -0.1) is 0 Å². The van der Waals surface area contributed by atoms with Crippen molar-refractivity contribution in [1.29, 1.82) is 0 Å². The average molecular weight is 377 g/mol. The van der Waals surface area contributed by atoms with Crippen LogP contribution in [0.25, 0.3) is 0 Å². The van der Waals surface area contributed by atoms with Crippen molar-refractivity contribution in [3.8, 4) is 5.75 Å². The van der Waals surface area contributed by atoms with E-state index in [0.29, 0.717) is 18.1 Å². The number of benzene rings is 2. The van der Waals surface area contributed by atoms with Gasteiger partial charge < -0.3 is 14.5 Å². The summed E-state index contributed by atoms with van der Waals surface area (Å²) in [4.78, 5) is 12.8. The molecule has 0 bridgehead atoms. The maximum Gasteiger partial charge on any atom is 0.251 e. The molecule has 1 heterocycles. The maximum atomic E-state index is 12.8. The number of carbonyl (C=O) groups is 1. The zero-order chi connectivity index (χ0) is 19.9. The molecule has 1 atom stereocenters. The quantitative estimate of drug-likeness (QED) is 0.549. The lowest BCUT2D eigenvalue weighted by atomic mass is 10.0. The van der Waals surface area contributed by atoms with Crippen molar-refractivity contribution in [2.45, 2.75) is 39.8 Å². The lowest BCUT2D eigenvalue weighted by Crippen LogP contribution is -2.29. The van der Waals surface area contributed by atoms with Gasteiger partial charge in [0.15, 0.2) is 0 Å². The van der Waals surface area contributed by atoms with Crippen molar-refractivity contribution in [2.75, 3.05) is 0 Å². The zero-order valence-electron chi connectivity index (χ0n) is 16.6. The summed E-state index contributed by atoms with van der Waals surface area (Å²) in [5.74, 6) is 2.77. The highest BCUT2D eigenvalue weighted by molar-refractivity contribution is 5.94. The van der Waals surface area contributed by atoms with Crippen molar-refractivity contribution in [3.05, 3.63) is 89.4 Å². The van der Waals surface area contributed by atoms with E-state index in [-0.39, 0.29) is 11.9 Å².